The predicted molar refractivity (Wildman–Crippen MR) is 45.5 cm³/mol. The Bertz CT molecular complexity index is 360. The van der Waals surface area contributed by atoms with Gasteiger partial charge in [0.2, 0.25) is 11.8 Å². The van der Waals surface area contributed by atoms with Crippen LogP contribution in [0.3, 0.4) is 0 Å². The van der Waals surface area contributed by atoms with Crippen molar-refractivity contribution in [2.75, 3.05) is 7.05 Å². The average molecular weight is 175 g/mol. The third-order valence-corrected chi connectivity index (χ3v) is 3.47. The molecule has 66 valence electrons. The summed E-state index contributed by atoms with van der Waals surface area (Å²) in [5.74, 6) is -0.0869. The third-order valence-electron chi connectivity index (χ3n) is 3.47. The molecule has 13 heavy (non-hydrogen) atoms. The molecule has 2 amide bonds. The van der Waals surface area contributed by atoms with E-state index in [0.717, 1.165) is 0 Å². The molecule has 0 aromatic rings. The fourth-order valence-electron chi connectivity index (χ4n) is 2.62. The van der Waals surface area contributed by atoms with E-state index < -0.39 is 10.8 Å². The van der Waals surface area contributed by atoms with Crippen LogP contribution in [0.2, 0.25) is 0 Å². The summed E-state index contributed by atoms with van der Waals surface area (Å²) < 4.78 is 0. The zero-order chi connectivity index (χ0) is 9.27. The minimum atomic E-state index is -0.492. The van der Waals surface area contributed by atoms with E-state index in [0.29, 0.717) is 6.42 Å². The molecule has 2 fully saturated rings. The first-order valence-corrected chi connectivity index (χ1v) is 4.34. The summed E-state index contributed by atoms with van der Waals surface area (Å²) in [6.07, 6.45) is 8.13. The smallest absolute Gasteiger partial charge is 0.240 e. The number of likely N-dealkylation sites (tertiary alicyclic amines) is 1. The Kier molecular flexibility index (Phi) is 0.881. The lowest BCUT2D eigenvalue weighted by Gasteiger charge is -2.10. The number of carbonyl (C=O) groups excluding carboxylic acids is 2. The molecule has 1 saturated carbocycles. The maximum absolute atomic E-state index is 11.7. The van der Waals surface area contributed by atoms with Crippen LogP contribution in [-0.4, -0.2) is 23.8 Å². The SMILES string of the molecule is CN1C(=O)C23C=CC=CC2(C3)C1=O. The molecule has 0 aromatic carbocycles. The number of piperidine rings is 1. The van der Waals surface area contributed by atoms with E-state index >= 15 is 0 Å². The molecule has 0 spiro atoms. The topological polar surface area (TPSA) is 37.4 Å². The quantitative estimate of drug-likeness (QED) is 0.502. The predicted octanol–water partition coefficient (Wildman–Crippen LogP) is 0.488. The van der Waals surface area contributed by atoms with Gasteiger partial charge in [-0.15, -0.1) is 0 Å². The summed E-state index contributed by atoms with van der Waals surface area (Å²) in [6.45, 7) is 0. The summed E-state index contributed by atoms with van der Waals surface area (Å²) in [5.41, 5.74) is -0.985. The van der Waals surface area contributed by atoms with Crippen molar-refractivity contribution >= 4 is 11.8 Å². The van der Waals surface area contributed by atoms with E-state index in [1.54, 1.807) is 7.05 Å². The standard InChI is InChI=1S/C10H9NO2/c1-11-7(12)9-4-2-3-5-10(9,6-9)8(11)13/h2-5H,6H2,1H3. The molecule has 1 saturated heterocycles. The molecule has 0 N–H and O–H groups in total. The number of amides is 2. The number of carbonyl (C=O) groups is 2. The molecule has 0 bridgehead atoms. The van der Waals surface area contributed by atoms with Crippen LogP contribution in [0, 0.1) is 10.8 Å². The molecule has 3 nitrogen and oxygen atoms in total. The van der Waals surface area contributed by atoms with Crippen LogP contribution in [0.4, 0.5) is 0 Å². The number of hydrogen-bond donors (Lipinski definition) is 0. The van der Waals surface area contributed by atoms with E-state index in [-0.39, 0.29) is 11.8 Å². The molecular formula is C10H9NO2. The highest BCUT2D eigenvalue weighted by atomic mass is 16.2. The zero-order valence-corrected chi connectivity index (χ0v) is 7.28. The Morgan fingerprint density at radius 3 is 2.08 bits per heavy atom. The Hall–Kier alpha value is -1.38. The summed E-state index contributed by atoms with van der Waals surface area (Å²) >= 11 is 0. The van der Waals surface area contributed by atoms with Crippen molar-refractivity contribution in [3.05, 3.63) is 24.3 Å². The third kappa shape index (κ3) is 0.478. The maximum atomic E-state index is 11.7. The Labute approximate surface area is 75.7 Å². The lowest BCUT2D eigenvalue weighted by molar-refractivity contribution is -0.141. The van der Waals surface area contributed by atoms with Gasteiger partial charge in [-0.1, -0.05) is 24.3 Å². The lowest BCUT2D eigenvalue weighted by Crippen LogP contribution is -2.31. The Balaban J connectivity index is 2.23. The molecule has 0 aromatic heterocycles. The normalized spacial score (nSPS) is 45.2. The van der Waals surface area contributed by atoms with Crippen LogP contribution < -0.4 is 0 Å². The number of imide groups is 1. The molecule has 3 rings (SSSR count). The van der Waals surface area contributed by atoms with Gasteiger partial charge in [0.1, 0.15) is 0 Å². The monoisotopic (exact) mass is 175 g/mol. The highest BCUT2D eigenvalue weighted by Crippen LogP contribution is 2.72. The van der Waals surface area contributed by atoms with Crippen molar-refractivity contribution in [2.45, 2.75) is 6.42 Å². The van der Waals surface area contributed by atoms with Gasteiger partial charge in [-0.3, -0.25) is 14.5 Å². The molecule has 2 aliphatic carbocycles. The Morgan fingerprint density at radius 2 is 1.62 bits per heavy atom. The fraction of sp³-hybridized carbons (Fsp3) is 0.400. The van der Waals surface area contributed by atoms with Gasteiger partial charge in [0.05, 0.1) is 10.8 Å². The second kappa shape index (κ2) is 1.62. The van der Waals surface area contributed by atoms with Crippen LogP contribution in [0.5, 0.6) is 0 Å². The molecule has 2 unspecified atom stereocenters. The van der Waals surface area contributed by atoms with Gasteiger partial charge in [-0.2, -0.15) is 0 Å². The summed E-state index contributed by atoms with van der Waals surface area (Å²) in [6, 6.07) is 0. The van der Waals surface area contributed by atoms with Crippen molar-refractivity contribution in [1.82, 2.24) is 4.90 Å². The largest absolute Gasteiger partial charge is 0.284 e. The molecule has 1 heterocycles. The highest BCUT2D eigenvalue weighted by Gasteiger charge is 2.80. The second-order valence-corrected chi connectivity index (χ2v) is 4.01. The van der Waals surface area contributed by atoms with Crippen LogP contribution in [0.1, 0.15) is 6.42 Å². The summed E-state index contributed by atoms with van der Waals surface area (Å²) in [4.78, 5) is 24.7. The van der Waals surface area contributed by atoms with Gasteiger partial charge in [0.25, 0.3) is 0 Å². The van der Waals surface area contributed by atoms with Crippen LogP contribution >= 0.6 is 0 Å². The van der Waals surface area contributed by atoms with Crippen molar-refractivity contribution in [1.29, 1.82) is 0 Å². The number of allylic oxidation sites excluding steroid dienone is 2. The maximum Gasteiger partial charge on any atom is 0.240 e. The van der Waals surface area contributed by atoms with Crippen molar-refractivity contribution in [3.63, 3.8) is 0 Å². The van der Waals surface area contributed by atoms with E-state index in [1.165, 1.54) is 4.90 Å². The molecule has 3 heteroatoms. The molecule has 0 radical (unpaired) electrons. The van der Waals surface area contributed by atoms with Crippen molar-refractivity contribution < 1.29 is 9.59 Å². The van der Waals surface area contributed by atoms with E-state index in [4.69, 9.17) is 0 Å². The van der Waals surface area contributed by atoms with Crippen LogP contribution in [0.25, 0.3) is 0 Å². The number of rotatable bonds is 0. The summed E-state index contributed by atoms with van der Waals surface area (Å²) in [5, 5.41) is 0. The number of nitrogens with zero attached hydrogens (tertiary/aromatic N) is 1. The van der Waals surface area contributed by atoms with Crippen LogP contribution in [-0.2, 0) is 9.59 Å². The van der Waals surface area contributed by atoms with E-state index in [1.807, 2.05) is 24.3 Å². The Morgan fingerprint density at radius 1 is 1.15 bits per heavy atom. The summed E-state index contributed by atoms with van der Waals surface area (Å²) in [7, 11) is 1.56. The van der Waals surface area contributed by atoms with E-state index in [2.05, 4.69) is 0 Å². The first kappa shape index (κ1) is 7.06. The zero-order valence-electron chi connectivity index (χ0n) is 7.28. The van der Waals surface area contributed by atoms with Gasteiger partial charge in [0.15, 0.2) is 0 Å². The number of hydrogen-bond acceptors (Lipinski definition) is 2. The van der Waals surface area contributed by atoms with Gasteiger partial charge in [-0.05, 0) is 6.42 Å². The first-order valence-electron chi connectivity index (χ1n) is 4.34. The van der Waals surface area contributed by atoms with Gasteiger partial charge >= 0.3 is 0 Å². The van der Waals surface area contributed by atoms with E-state index in [9.17, 15) is 9.59 Å². The molecule has 3 aliphatic rings. The average Bonchev–Trinajstić information content (AvgIpc) is 2.81. The van der Waals surface area contributed by atoms with Crippen LogP contribution in [0.15, 0.2) is 24.3 Å². The van der Waals surface area contributed by atoms with Crippen molar-refractivity contribution in [3.8, 4) is 0 Å². The van der Waals surface area contributed by atoms with Gasteiger partial charge < -0.3 is 0 Å². The highest BCUT2D eigenvalue weighted by molar-refractivity contribution is 6.16. The minimum absolute atomic E-state index is 0.0434. The van der Waals surface area contributed by atoms with Crippen molar-refractivity contribution in [2.24, 2.45) is 10.8 Å². The van der Waals surface area contributed by atoms with Gasteiger partial charge in [-0.25, -0.2) is 0 Å². The second-order valence-electron chi connectivity index (χ2n) is 4.01. The molecular weight excluding hydrogens is 166 g/mol. The minimum Gasteiger partial charge on any atom is -0.284 e. The first-order chi connectivity index (χ1) is 6.14. The fourth-order valence-corrected chi connectivity index (χ4v) is 2.62. The molecule has 1 aliphatic heterocycles. The molecule has 2 atom stereocenters. The van der Waals surface area contributed by atoms with Gasteiger partial charge in [0, 0.05) is 7.05 Å². The lowest BCUT2D eigenvalue weighted by atomic mass is 9.91.